The summed E-state index contributed by atoms with van der Waals surface area (Å²) in [5, 5.41) is 7.01. The molecule has 3 rings (SSSR count). The molecule has 0 unspecified atom stereocenters. The second-order valence-electron chi connectivity index (χ2n) is 5.48. The Balaban J connectivity index is 2.00. The van der Waals surface area contributed by atoms with Crippen molar-refractivity contribution in [1.82, 2.24) is 19.9 Å². The van der Waals surface area contributed by atoms with E-state index >= 15 is 0 Å². The van der Waals surface area contributed by atoms with E-state index in [1.165, 1.54) is 0 Å². The van der Waals surface area contributed by atoms with Gasteiger partial charge in [-0.05, 0) is 38.1 Å². The van der Waals surface area contributed by atoms with Crippen molar-refractivity contribution in [2.45, 2.75) is 19.9 Å². The molecule has 0 radical (unpaired) electrons. The number of benzene rings is 1. The maximum atomic E-state index is 6.08. The highest BCUT2D eigenvalue weighted by Gasteiger charge is 2.10. The van der Waals surface area contributed by atoms with Crippen LogP contribution in [0.5, 0.6) is 0 Å². The lowest BCUT2D eigenvalue weighted by Crippen LogP contribution is -2.14. The fourth-order valence-corrected chi connectivity index (χ4v) is 2.27. The van der Waals surface area contributed by atoms with Crippen LogP contribution >= 0.6 is 11.6 Å². The summed E-state index contributed by atoms with van der Waals surface area (Å²) >= 11 is 6.08. The number of nitrogens with one attached hydrogen (secondary N) is 2. The van der Waals surface area contributed by atoms with Crippen molar-refractivity contribution >= 4 is 29.2 Å². The van der Waals surface area contributed by atoms with Crippen LogP contribution in [0.4, 0.5) is 17.6 Å². The topological polar surface area (TPSA) is 75.6 Å². The van der Waals surface area contributed by atoms with Crippen molar-refractivity contribution in [2.75, 3.05) is 10.6 Å². The van der Waals surface area contributed by atoms with Crippen molar-refractivity contribution in [1.29, 1.82) is 0 Å². The maximum absolute atomic E-state index is 6.08. The molecule has 0 aliphatic heterocycles. The molecule has 2 aromatic heterocycles. The predicted molar refractivity (Wildman–Crippen MR) is 96.6 cm³/mol. The number of rotatable bonds is 5. The van der Waals surface area contributed by atoms with Gasteiger partial charge in [-0.25, -0.2) is 0 Å². The molecule has 0 fully saturated rings. The highest BCUT2D eigenvalue weighted by atomic mass is 35.5. The van der Waals surface area contributed by atoms with Crippen LogP contribution in [0, 0.1) is 0 Å². The third-order valence-electron chi connectivity index (χ3n) is 3.07. The first-order chi connectivity index (χ1) is 11.6. The Kier molecular flexibility index (Phi) is 4.86. The highest BCUT2D eigenvalue weighted by molar-refractivity contribution is 6.30. The summed E-state index contributed by atoms with van der Waals surface area (Å²) in [4.78, 5) is 17.4. The quantitative estimate of drug-likeness (QED) is 0.726. The molecule has 1 aromatic carbocycles. The second kappa shape index (κ2) is 7.23. The van der Waals surface area contributed by atoms with Crippen LogP contribution in [0.15, 0.2) is 48.8 Å². The molecule has 0 bridgehead atoms. The summed E-state index contributed by atoms with van der Waals surface area (Å²) in [7, 11) is 0. The zero-order chi connectivity index (χ0) is 16.9. The molecule has 0 saturated carbocycles. The Morgan fingerprint density at radius 2 is 1.71 bits per heavy atom. The van der Waals surface area contributed by atoms with Gasteiger partial charge in [0.05, 0.1) is 0 Å². The van der Waals surface area contributed by atoms with Crippen LogP contribution in [0.1, 0.15) is 13.8 Å². The minimum Gasteiger partial charge on any atom is -0.352 e. The molecular weight excluding hydrogens is 324 g/mol. The molecule has 2 N–H and O–H groups in total. The van der Waals surface area contributed by atoms with Gasteiger partial charge in [0.15, 0.2) is 5.82 Å². The van der Waals surface area contributed by atoms with Gasteiger partial charge in [0.1, 0.15) is 0 Å². The molecule has 0 spiro atoms. The summed E-state index contributed by atoms with van der Waals surface area (Å²) in [5.41, 5.74) is 1.68. The average molecular weight is 341 g/mol. The van der Waals surface area contributed by atoms with E-state index in [1.807, 2.05) is 50.2 Å². The minimum atomic E-state index is 0.202. The van der Waals surface area contributed by atoms with E-state index in [-0.39, 0.29) is 6.04 Å². The molecule has 122 valence electrons. The van der Waals surface area contributed by atoms with E-state index in [2.05, 4.69) is 30.6 Å². The fourth-order valence-electron chi connectivity index (χ4n) is 2.08. The molecular formula is C17H17ClN6. The van der Waals surface area contributed by atoms with Crippen LogP contribution in [-0.2, 0) is 0 Å². The van der Waals surface area contributed by atoms with E-state index in [1.54, 1.807) is 12.4 Å². The van der Waals surface area contributed by atoms with E-state index in [0.29, 0.717) is 22.7 Å². The summed E-state index contributed by atoms with van der Waals surface area (Å²) < 4.78 is 0. The SMILES string of the molecule is CC(C)Nc1nc(Nc2ccncc2)nc(-c2cccc(Cl)c2)n1. The van der Waals surface area contributed by atoms with Gasteiger partial charge in [-0.3, -0.25) is 4.98 Å². The van der Waals surface area contributed by atoms with Crippen LogP contribution in [0.3, 0.4) is 0 Å². The second-order valence-corrected chi connectivity index (χ2v) is 5.91. The zero-order valence-corrected chi connectivity index (χ0v) is 14.1. The van der Waals surface area contributed by atoms with Crippen LogP contribution in [0.2, 0.25) is 5.02 Å². The van der Waals surface area contributed by atoms with Gasteiger partial charge < -0.3 is 10.6 Å². The summed E-state index contributed by atoms with van der Waals surface area (Å²) in [5.74, 6) is 1.51. The Hall–Kier alpha value is -2.73. The van der Waals surface area contributed by atoms with Gasteiger partial charge in [-0.2, -0.15) is 15.0 Å². The largest absolute Gasteiger partial charge is 0.352 e. The summed E-state index contributed by atoms with van der Waals surface area (Å²) in [6.45, 7) is 4.05. The molecule has 24 heavy (non-hydrogen) atoms. The van der Waals surface area contributed by atoms with Crippen molar-refractivity contribution in [3.05, 3.63) is 53.8 Å². The number of halogens is 1. The number of nitrogens with zero attached hydrogens (tertiary/aromatic N) is 4. The highest BCUT2D eigenvalue weighted by Crippen LogP contribution is 2.22. The van der Waals surface area contributed by atoms with E-state index in [9.17, 15) is 0 Å². The molecule has 0 amide bonds. The normalized spacial score (nSPS) is 10.7. The van der Waals surface area contributed by atoms with Crippen molar-refractivity contribution in [3.8, 4) is 11.4 Å². The Morgan fingerprint density at radius 1 is 0.958 bits per heavy atom. The van der Waals surface area contributed by atoms with Crippen LogP contribution in [-0.4, -0.2) is 26.0 Å². The first-order valence-electron chi connectivity index (χ1n) is 7.56. The monoisotopic (exact) mass is 340 g/mol. The van der Waals surface area contributed by atoms with Gasteiger partial charge in [-0.1, -0.05) is 23.7 Å². The summed E-state index contributed by atoms with van der Waals surface area (Å²) in [6, 6.07) is 11.3. The molecule has 0 atom stereocenters. The average Bonchev–Trinajstić information content (AvgIpc) is 2.55. The van der Waals surface area contributed by atoms with Gasteiger partial charge >= 0.3 is 0 Å². The van der Waals surface area contributed by atoms with Crippen molar-refractivity contribution in [3.63, 3.8) is 0 Å². The molecule has 0 saturated heterocycles. The molecule has 0 aliphatic carbocycles. The Bertz CT molecular complexity index is 822. The molecule has 0 aliphatic rings. The van der Waals surface area contributed by atoms with Crippen molar-refractivity contribution in [2.24, 2.45) is 0 Å². The standard InChI is InChI=1S/C17H17ClN6/c1-11(2)20-16-22-15(12-4-3-5-13(18)10-12)23-17(24-16)21-14-6-8-19-9-7-14/h3-11H,1-2H3,(H2,19,20,21,22,23,24). The summed E-state index contributed by atoms with van der Waals surface area (Å²) in [6.07, 6.45) is 3.41. The molecule has 7 heteroatoms. The van der Waals surface area contributed by atoms with Crippen LogP contribution < -0.4 is 10.6 Å². The lowest BCUT2D eigenvalue weighted by atomic mass is 10.2. The first-order valence-corrected chi connectivity index (χ1v) is 7.93. The number of hydrogen-bond acceptors (Lipinski definition) is 6. The van der Waals surface area contributed by atoms with E-state index < -0.39 is 0 Å². The van der Waals surface area contributed by atoms with Crippen molar-refractivity contribution < 1.29 is 0 Å². The Labute approximate surface area is 145 Å². The molecule has 2 heterocycles. The van der Waals surface area contributed by atoms with Gasteiger partial charge in [0.2, 0.25) is 11.9 Å². The van der Waals surface area contributed by atoms with E-state index in [4.69, 9.17) is 11.6 Å². The molecule has 6 nitrogen and oxygen atoms in total. The number of pyridine rings is 1. The lowest BCUT2D eigenvalue weighted by molar-refractivity contribution is 0.869. The fraction of sp³-hybridized carbons (Fsp3) is 0.176. The third kappa shape index (κ3) is 4.17. The Morgan fingerprint density at radius 3 is 2.42 bits per heavy atom. The zero-order valence-electron chi connectivity index (χ0n) is 13.4. The smallest absolute Gasteiger partial charge is 0.232 e. The van der Waals surface area contributed by atoms with Crippen LogP contribution in [0.25, 0.3) is 11.4 Å². The van der Waals surface area contributed by atoms with Gasteiger partial charge in [0.25, 0.3) is 0 Å². The number of aromatic nitrogens is 4. The van der Waals surface area contributed by atoms with E-state index in [0.717, 1.165) is 11.3 Å². The maximum Gasteiger partial charge on any atom is 0.232 e. The number of hydrogen-bond donors (Lipinski definition) is 2. The molecule has 3 aromatic rings. The number of anilines is 3. The minimum absolute atomic E-state index is 0.202. The van der Waals surface area contributed by atoms with Gasteiger partial charge in [-0.15, -0.1) is 0 Å². The first kappa shape index (κ1) is 16.1. The van der Waals surface area contributed by atoms with Gasteiger partial charge in [0, 0.05) is 34.7 Å². The predicted octanol–water partition coefficient (Wildman–Crippen LogP) is 4.15. The lowest BCUT2D eigenvalue weighted by Gasteiger charge is -2.12. The third-order valence-corrected chi connectivity index (χ3v) is 3.31.